The van der Waals surface area contributed by atoms with Crippen molar-refractivity contribution in [2.75, 3.05) is 18.1 Å². The number of carbonyl (C=O) groups is 2. The molecule has 1 saturated heterocycles. The van der Waals surface area contributed by atoms with Gasteiger partial charge in [-0.3, -0.25) is 9.59 Å². The van der Waals surface area contributed by atoms with E-state index in [0.29, 0.717) is 18.7 Å². The lowest BCUT2D eigenvalue weighted by atomic mass is 9.97. The van der Waals surface area contributed by atoms with E-state index in [9.17, 15) is 18.0 Å². The number of sulfone groups is 1. The fourth-order valence-corrected chi connectivity index (χ4v) is 7.88. The third-order valence-electron chi connectivity index (χ3n) is 5.90. The lowest BCUT2D eigenvalue weighted by Crippen LogP contribution is -2.47. The summed E-state index contributed by atoms with van der Waals surface area (Å²) >= 11 is 3.34. The molecule has 0 saturated carbocycles. The molecule has 0 N–H and O–H groups in total. The van der Waals surface area contributed by atoms with Crippen LogP contribution in [0, 0.1) is 0 Å². The molecule has 0 aliphatic carbocycles. The summed E-state index contributed by atoms with van der Waals surface area (Å²) in [6.07, 6.45) is 1.65. The number of thiophene rings is 2. The third-order valence-corrected chi connectivity index (χ3v) is 9.57. The first-order chi connectivity index (χ1) is 14.4. The van der Waals surface area contributed by atoms with E-state index >= 15 is 0 Å². The molecule has 2 atom stereocenters. The molecule has 3 aliphatic rings. The van der Waals surface area contributed by atoms with Gasteiger partial charge in [-0.15, -0.1) is 22.7 Å². The van der Waals surface area contributed by atoms with Gasteiger partial charge in [0, 0.05) is 29.1 Å². The molecule has 2 unspecified atom stereocenters. The Morgan fingerprint density at radius 1 is 1.13 bits per heavy atom. The zero-order valence-electron chi connectivity index (χ0n) is 16.2. The molecule has 2 amide bonds. The quantitative estimate of drug-likeness (QED) is 0.700. The van der Waals surface area contributed by atoms with Crippen molar-refractivity contribution < 1.29 is 18.0 Å². The number of rotatable bonds is 3. The van der Waals surface area contributed by atoms with E-state index in [-0.39, 0.29) is 42.2 Å². The van der Waals surface area contributed by atoms with Crippen molar-refractivity contribution in [2.24, 2.45) is 5.10 Å². The maximum Gasteiger partial charge on any atom is 0.270 e. The van der Waals surface area contributed by atoms with Gasteiger partial charge in [0.1, 0.15) is 5.71 Å². The molecule has 30 heavy (non-hydrogen) atoms. The summed E-state index contributed by atoms with van der Waals surface area (Å²) in [7, 11) is -3.15. The highest BCUT2D eigenvalue weighted by Crippen LogP contribution is 2.40. The minimum atomic E-state index is -3.15. The third kappa shape index (κ3) is 3.50. The van der Waals surface area contributed by atoms with Crippen molar-refractivity contribution in [1.82, 2.24) is 9.91 Å². The van der Waals surface area contributed by atoms with Crippen LogP contribution in [-0.2, 0) is 25.8 Å². The van der Waals surface area contributed by atoms with Gasteiger partial charge in [-0.2, -0.15) is 5.10 Å². The highest BCUT2D eigenvalue weighted by atomic mass is 32.2. The summed E-state index contributed by atoms with van der Waals surface area (Å²) in [5.74, 6) is -0.386. The van der Waals surface area contributed by atoms with E-state index < -0.39 is 15.9 Å². The predicted molar refractivity (Wildman–Crippen MR) is 116 cm³/mol. The van der Waals surface area contributed by atoms with Crippen LogP contribution in [0.15, 0.2) is 34.1 Å². The molecule has 3 aliphatic heterocycles. The van der Waals surface area contributed by atoms with Crippen LogP contribution in [-0.4, -0.2) is 59.9 Å². The number of nitrogens with zero attached hydrogens (tertiary/aromatic N) is 3. The first kappa shape index (κ1) is 19.9. The fraction of sp³-hybridized carbons (Fsp3) is 0.450. The Kier molecular flexibility index (Phi) is 5.03. The largest absolute Gasteiger partial charge is 0.325 e. The van der Waals surface area contributed by atoms with Crippen LogP contribution in [0.4, 0.5) is 0 Å². The number of amides is 2. The van der Waals surface area contributed by atoms with E-state index in [1.807, 2.05) is 22.4 Å². The summed E-state index contributed by atoms with van der Waals surface area (Å²) in [6.45, 7) is 0.597. The van der Waals surface area contributed by atoms with Gasteiger partial charge in [-0.05, 0) is 41.3 Å². The minimum absolute atomic E-state index is 0.0633. The monoisotopic (exact) mass is 463 g/mol. The van der Waals surface area contributed by atoms with Gasteiger partial charge >= 0.3 is 0 Å². The zero-order valence-corrected chi connectivity index (χ0v) is 18.6. The number of hydrogen-bond donors (Lipinski definition) is 0. The number of fused-ring (bicyclic) bond motifs is 1. The Bertz CT molecular complexity index is 1120. The number of hydrazone groups is 1. The SMILES string of the molecule is O=C(C1=NN(C2CCS(=O)(=O)C2)C(=O)CC1)N1CCc2sccc2C1c1cccs1. The van der Waals surface area contributed by atoms with Gasteiger partial charge in [0.25, 0.3) is 5.91 Å². The number of carbonyl (C=O) groups excluding carboxylic acids is 2. The van der Waals surface area contributed by atoms with Gasteiger partial charge in [0.15, 0.2) is 9.84 Å². The summed E-state index contributed by atoms with van der Waals surface area (Å²) in [5, 5.41) is 9.74. The molecular weight excluding hydrogens is 442 g/mol. The van der Waals surface area contributed by atoms with E-state index in [0.717, 1.165) is 16.9 Å². The Morgan fingerprint density at radius 3 is 2.73 bits per heavy atom. The van der Waals surface area contributed by atoms with E-state index in [1.165, 1.54) is 9.89 Å². The molecule has 1 fully saturated rings. The molecule has 0 bridgehead atoms. The van der Waals surface area contributed by atoms with Gasteiger partial charge < -0.3 is 4.90 Å². The molecule has 7 nitrogen and oxygen atoms in total. The normalized spacial score (nSPS) is 25.9. The van der Waals surface area contributed by atoms with E-state index in [2.05, 4.69) is 16.5 Å². The van der Waals surface area contributed by atoms with Crippen molar-refractivity contribution >= 4 is 50.0 Å². The van der Waals surface area contributed by atoms with Gasteiger partial charge in [-0.25, -0.2) is 13.4 Å². The molecule has 0 spiro atoms. The Morgan fingerprint density at radius 2 is 2.00 bits per heavy atom. The maximum absolute atomic E-state index is 13.5. The molecule has 5 heterocycles. The van der Waals surface area contributed by atoms with Crippen LogP contribution in [0.2, 0.25) is 0 Å². The van der Waals surface area contributed by atoms with Crippen molar-refractivity contribution in [3.8, 4) is 0 Å². The highest BCUT2D eigenvalue weighted by molar-refractivity contribution is 7.91. The molecule has 10 heteroatoms. The van der Waals surface area contributed by atoms with Crippen LogP contribution < -0.4 is 0 Å². The molecular formula is C20H21N3O4S3. The summed E-state index contributed by atoms with van der Waals surface area (Å²) < 4.78 is 23.7. The van der Waals surface area contributed by atoms with E-state index in [1.54, 1.807) is 22.7 Å². The topological polar surface area (TPSA) is 87.1 Å². The molecule has 2 aromatic rings. The standard InChI is InChI=1S/C20H21N3O4S3/c24-18-4-3-15(21-23(18)13-7-11-30(26,27)12-13)20(25)22-8-5-16-14(6-10-29-16)19(22)17-2-1-9-28-17/h1-2,6,9-10,13,19H,3-5,7-8,11-12H2. The average Bonchev–Trinajstić information content (AvgIpc) is 3.47. The lowest BCUT2D eigenvalue weighted by molar-refractivity contribution is -0.134. The van der Waals surface area contributed by atoms with Crippen LogP contribution in [0.5, 0.6) is 0 Å². The summed E-state index contributed by atoms with van der Waals surface area (Å²) in [6, 6.07) is 5.51. The second kappa shape index (κ2) is 7.58. The number of hydrogen-bond acceptors (Lipinski definition) is 7. The van der Waals surface area contributed by atoms with E-state index in [4.69, 9.17) is 0 Å². The smallest absolute Gasteiger partial charge is 0.270 e. The average molecular weight is 464 g/mol. The Hall–Kier alpha value is -2.04. The van der Waals surface area contributed by atoms with Crippen molar-refractivity contribution in [1.29, 1.82) is 0 Å². The van der Waals surface area contributed by atoms with Gasteiger partial charge in [0.05, 0.1) is 23.6 Å². The fourth-order valence-electron chi connectivity index (χ4n) is 4.43. The predicted octanol–water partition coefficient (Wildman–Crippen LogP) is 2.45. The van der Waals surface area contributed by atoms with Crippen LogP contribution in [0.1, 0.15) is 40.6 Å². The van der Waals surface area contributed by atoms with Crippen molar-refractivity contribution in [2.45, 2.75) is 37.8 Å². The summed E-state index contributed by atoms with van der Waals surface area (Å²) in [4.78, 5) is 30.2. The second-order valence-electron chi connectivity index (χ2n) is 7.81. The zero-order chi connectivity index (χ0) is 20.9. The highest BCUT2D eigenvalue weighted by Gasteiger charge is 2.40. The Labute approximate surface area is 182 Å². The Balaban J connectivity index is 1.46. The van der Waals surface area contributed by atoms with Crippen molar-refractivity contribution in [3.05, 3.63) is 44.3 Å². The van der Waals surface area contributed by atoms with Gasteiger partial charge in [-0.1, -0.05) is 6.07 Å². The molecule has 0 radical (unpaired) electrons. The summed E-state index contributed by atoms with van der Waals surface area (Å²) in [5.41, 5.74) is 1.51. The molecule has 0 aromatic carbocycles. The maximum atomic E-state index is 13.5. The molecule has 5 rings (SSSR count). The molecule has 2 aromatic heterocycles. The van der Waals surface area contributed by atoms with Crippen LogP contribution in [0.3, 0.4) is 0 Å². The first-order valence-corrected chi connectivity index (χ1v) is 13.5. The second-order valence-corrected chi connectivity index (χ2v) is 12.0. The molecule has 158 valence electrons. The van der Waals surface area contributed by atoms with Gasteiger partial charge in [0.2, 0.25) is 5.91 Å². The van der Waals surface area contributed by atoms with Crippen LogP contribution >= 0.6 is 22.7 Å². The van der Waals surface area contributed by atoms with Crippen LogP contribution in [0.25, 0.3) is 0 Å². The first-order valence-electron chi connectivity index (χ1n) is 9.93. The minimum Gasteiger partial charge on any atom is -0.325 e. The van der Waals surface area contributed by atoms with Crippen molar-refractivity contribution in [3.63, 3.8) is 0 Å². The lowest BCUT2D eigenvalue weighted by Gasteiger charge is -2.37.